The number of rotatable bonds is 4. The second-order valence-electron chi connectivity index (χ2n) is 4.57. The Balaban J connectivity index is 0.00000180. The van der Waals surface area contributed by atoms with Gasteiger partial charge in [0.15, 0.2) is 0 Å². The SMILES string of the molecule is C[PH+](Cc1ccccc1O)Cc1ccccc1O.[Ti]. The van der Waals surface area contributed by atoms with Gasteiger partial charge in [-0.3, -0.25) is 0 Å². The van der Waals surface area contributed by atoms with Gasteiger partial charge in [0.2, 0.25) is 0 Å². The fourth-order valence-electron chi connectivity index (χ4n) is 2.03. The summed E-state index contributed by atoms with van der Waals surface area (Å²) >= 11 is 0. The Morgan fingerprint density at radius 3 is 1.53 bits per heavy atom. The standard InChI is InChI=1S/C15H17O2P.Ti/c1-18(10-12-6-2-4-8-14(12)16)11-13-7-3-5-9-15(13)17;/h2-9,16-17H,10-11H2,1H3;/p+1. The van der Waals surface area contributed by atoms with Crippen LogP contribution < -0.4 is 0 Å². The van der Waals surface area contributed by atoms with Crippen LogP contribution in [0.5, 0.6) is 11.5 Å². The summed E-state index contributed by atoms with van der Waals surface area (Å²) in [7, 11) is -0.659. The summed E-state index contributed by atoms with van der Waals surface area (Å²) < 4.78 is 0. The molecule has 0 bridgehead atoms. The summed E-state index contributed by atoms with van der Waals surface area (Å²) in [5.41, 5.74) is 2.01. The summed E-state index contributed by atoms with van der Waals surface area (Å²) in [6.07, 6.45) is 1.82. The van der Waals surface area contributed by atoms with Crippen LogP contribution in [0, 0.1) is 0 Å². The predicted octanol–water partition coefficient (Wildman–Crippen LogP) is 3.64. The van der Waals surface area contributed by atoms with Crippen molar-refractivity contribution in [3.8, 4) is 11.5 Å². The number of hydrogen-bond donors (Lipinski definition) is 2. The first-order valence-corrected chi connectivity index (χ1v) is 8.43. The Kier molecular flexibility index (Phi) is 6.58. The third-order valence-electron chi connectivity index (χ3n) is 2.97. The van der Waals surface area contributed by atoms with Crippen molar-refractivity contribution in [3.05, 3.63) is 59.7 Å². The van der Waals surface area contributed by atoms with Crippen LogP contribution in [0.3, 0.4) is 0 Å². The Labute approximate surface area is 130 Å². The molecule has 0 aliphatic rings. The topological polar surface area (TPSA) is 40.5 Å². The molecular weight excluding hydrogens is 291 g/mol. The van der Waals surface area contributed by atoms with Gasteiger partial charge in [0.25, 0.3) is 0 Å². The van der Waals surface area contributed by atoms with Crippen molar-refractivity contribution in [2.24, 2.45) is 0 Å². The molecule has 2 aromatic rings. The van der Waals surface area contributed by atoms with Crippen molar-refractivity contribution in [2.45, 2.75) is 12.3 Å². The molecule has 98 valence electrons. The maximum Gasteiger partial charge on any atom is 0.122 e. The molecule has 0 aromatic heterocycles. The van der Waals surface area contributed by atoms with Gasteiger partial charge in [-0.1, -0.05) is 36.4 Å². The number of aromatic hydroxyl groups is 2. The van der Waals surface area contributed by atoms with Gasteiger partial charge in [0.1, 0.15) is 11.5 Å². The number of hydrogen-bond acceptors (Lipinski definition) is 2. The van der Waals surface area contributed by atoms with Crippen molar-refractivity contribution in [2.75, 3.05) is 6.66 Å². The van der Waals surface area contributed by atoms with Crippen LogP contribution in [-0.2, 0) is 34.0 Å². The summed E-state index contributed by atoms with van der Waals surface area (Å²) in [5, 5.41) is 19.5. The zero-order valence-electron chi connectivity index (χ0n) is 10.9. The van der Waals surface area contributed by atoms with E-state index in [-0.39, 0.29) is 21.7 Å². The molecule has 0 heterocycles. The van der Waals surface area contributed by atoms with E-state index >= 15 is 0 Å². The van der Waals surface area contributed by atoms with Gasteiger partial charge in [-0.15, -0.1) is 0 Å². The maximum absolute atomic E-state index is 9.75. The second-order valence-corrected chi connectivity index (χ2v) is 7.19. The van der Waals surface area contributed by atoms with Crippen molar-refractivity contribution in [1.29, 1.82) is 0 Å². The average Bonchev–Trinajstić information content (AvgIpc) is 2.35. The van der Waals surface area contributed by atoms with Crippen LogP contribution in [0.15, 0.2) is 48.5 Å². The Hall–Kier alpha value is -0.816. The van der Waals surface area contributed by atoms with E-state index in [4.69, 9.17) is 0 Å². The summed E-state index contributed by atoms with van der Waals surface area (Å²) in [6, 6.07) is 15.0. The van der Waals surface area contributed by atoms with Gasteiger partial charge in [-0.25, -0.2) is 0 Å². The Bertz CT molecular complexity index is 484. The average molecular weight is 309 g/mol. The Morgan fingerprint density at radius 1 is 0.789 bits per heavy atom. The van der Waals surface area contributed by atoms with E-state index < -0.39 is 7.92 Å². The van der Waals surface area contributed by atoms with Gasteiger partial charge >= 0.3 is 0 Å². The minimum atomic E-state index is -0.659. The van der Waals surface area contributed by atoms with Gasteiger partial charge in [-0.05, 0) is 12.1 Å². The maximum atomic E-state index is 9.75. The van der Waals surface area contributed by atoms with Gasteiger partial charge in [0.05, 0.1) is 12.3 Å². The van der Waals surface area contributed by atoms with E-state index in [2.05, 4.69) is 6.66 Å². The van der Waals surface area contributed by atoms with Crippen LogP contribution in [0.25, 0.3) is 0 Å². The number of benzene rings is 2. The molecule has 2 rings (SSSR count). The minimum Gasteiger partial charge on any atom is -0.508 e. The first-order valence-electron chi connectivity index (χ1n) is 6.02. The van der Waals surface area contributed by atoms with Gasteiger partial charge in [-0.2, -0.15) is 0 Å². The fourth-order valence-corrected chi connectivity index (χ4v) is 4.06. The van der Waals surface area contributed by atoms with E-state index in [9.17, 15) is 10.2 Å². The number of phenolic OH excluding ortho intramolecular Hbond substituents is 2. The van der Waals surface area contributed by atoms with Crippen LogP contribution >= 0.6 is 7.92 Å². The summed E-state index contributed by atoms with van der Waals surface area (Å²) in [5.74, 6) is 0.748. The van der Waals surface area contributed by atoms with E-state index in [1.54, 1.807) is 12.1 Å². The number of para-hydroxylation sites is 2. The molecule has 2 aromatic carbocycles. The van der Waals surface area contributed by atoms with E-state index in [1.165, 1.54) is 0 Å². The summed E-state index contributed by atoms with van der Waals surface area (Å²) in [4.78, 5) is 0. The van der Waals surface area contributed by atoms with E-state index in [1.807, 2.05) is 36.4 Å². The molecule has 0 unspecified atom stereocenters. The zero-order chi connectivity index (χ0) is 13.0. The van der Waals surface area contributed by atoms with Crippen molar-refractivity contribution in [1.82, 2.24) is 0 Å². The van der Waals surface area contributed by atoms with Crippen molar-refractivity contribution >= 4 is 7.92 Å². The van der Waals surface area contributed by atoms with Crippen molar-refractivity contribution in [3.63, 3.8) is 0 Å². The third-order valence-corrected chi connectivity index (χ3v) is 4.94. The molecule has 2 nitrogen and oxygen atoms in total. The molecule has 19 heavy (non-hydrogen) atoms. The molecule has 0 fully saturated rings. The Morgan fingerprint density at radius 2 is 1.16 bits per heavy atom. The first kappa shape index (κ1) is 16.2. The molecule has 0 aliphatic carbocycles. The molecule has 0 aliphatic heterocycles. The smallest absolute Gasteiger partial charge is 0.122 e. The van der Waals surface area contributed by atoms with Crippen LogP contribution in [0.4, 0.5) is 0 Å². The first-order chi connectivity index (χ1) is 8.66. The molecule has 2 N–H and O–H groups in total. The molecular formula is C15H18O2PTi+. The predicted molar refractivity (Wildman–Crippen MR) is 77.9 cm³/mol. The molecule has 4 heteroatoms. The molecule has 0 atom stereocenters. The molecule has 0 saturated heterocycles. The van der Waals surface area contributed by atoms with Gasteiger partial charge < -0.3 is 10.2 Å². The molecule has 0 spiro atoms. The number of phenols is 2. The van der Waals surface area contributed by atoms with Gasteiger partial charge in [0, 0.05) is 47.4 Å². The molecule has 0 amide bonds. The molecule has 0 saturated carbocycles. The minimum absolute atomic E-state index is 0. The van der Waals surface area contributed by atoms with Crippen LogP contribution in [0.2, 0.25) is 0 Å². The monoisotopic (exact) mass is 309 g/mol. The van der Waals surface area contributed by atoms with Crippen LogP contribution in [-0.4, -0.2) is 16.9 Å². The molecule has 0 radical (unpaired) electrons. The fraction of sp³-hybridized carbons (Fsp3) is 0.200. The zero-order valence-corrected chi connectivity index (χ0v) is 13.5. The quantitative estimate of drug-likeness (QED) is 0.669. The van der Waals surface area contributed by atoms with Crippen LogP contribution in [0.1, 0.15) is 11.1 Å². The largest absolute Gasteiger partial charge is 0.508 e. The summed E-state index contributed by atoms with van der Waals surface area (Å²) in [6.45, 7) is 2.23. The van der Waals surface area contributed by atoms with Crippen molar-refractivity contribution < 1.29 is 31.9 Å². The second kappa shape index (κ2) is 7.70. The van der Waals surface area contributed by atoms with E-state index in [0.29, 0.717) is 11.5 Å². The third kappa shape index (κ3) is 4.65. The van der Waals surface area contributed by atoms with E-state index in [0.717, 1.165) is 23.5 Å². The normalized spacial score (nSPS) is 10.2.